The van der Waals surface area contributed by atoms with Crippen LogP contribution in [0.5, 0.6) is 0 Å². The average molecular weight is 306 g/mol. The SMILES string of the molecule is CC1CCN(CCC(=O)N2CCOC[C@@H]2c2ccn[nH]2)CC1. The summed E-state index contributed by atoms with van der Waals surface area (Å²) < 4.78 is 5.54. The summed E-state index contributed by atoms with van der Waals surface area (Å²) in [5, 5.41) is 6.96. The Morgan fingerprint density at radius 1 is 1.41 bits per heavy atom. The van der Waals surface area contributed by atoms with Gasteiger partial charge in [-0.2, -0.15) is 5.10 Å². The number of likely N-dealkylation sites (tertiary alicyclic amines) is 1. The molecule has 122 valence electrons. The molecule has 2 aliphatic rings. The van der Waals surface area contributed by atoms with Crippen LogP contribution in [0.4, 0.5) is 0 Å². The van der Waals surface area contributed by atoms with Crippen LogP contribution in [0, 0.1) is 5.92 Å². The molecule has 1 aromatic rings. The Morgan fingerprint density at radius 2 is 2.23 bits per heavy atom. The minimum Gasteiger partial charge on any atom is -0.377 e. The van der Waals surface area contributed by atoms with Crippen molar-refractivity contribution in [2.24, 2.45) is 5.92 Å². The lowest BCUT2D eigenvalue weighted by Gasteiger charge is -2.36. The quantitative estimate of drug-likeness (QED) is 0.914. The molecule has 0 unspecified atom stereocenters. The number of amides is 1. The van der Waals surface area contributed by atoms with Crippen molar-refractivity contribution in [1.82, 2.24) is 20.0 Å². The van der Waals surface area contributed by atoms with Gasteiger partial charge in [-0.05, 0) is 37.9 Å². The molecule has 0 saturated carbocycles. The van der Waals surface area contributed by atoms with E-state index in [9.17, 15) is 4.79 Å². The van der Waals surface area contributed by atoms with Gasteiger partial charge in [0.05, 0.1) is 24.9 Å². The fourth-order valence-corrected chi connectivity index (χ4v) is 3.30. The summed E-state index contributed by atoms with van der Waals surface area (Å²) in [5.41, 5.74) is 0.958. The number of nitrogens with zero attached hydrogens (tertiary/aromatic N) is 3. The third kappa shape index (κ3) is 3.67. The topological polar surface area (TPSA) is 61.5 Å². The third-order valence-corrected chi connectivity index (χ3v) is 4.85. The number of aromatic nitrogens is 2. The monoisotopic (exact) mass is 306 g/mol. The molecule has 1 aromatic heterocycles. The van der Waals surface area contributed by atoms with Crippen LogP contribution < -0.4 is 0 Å². The summed E-state index contributed by atoms with van der Waals surface area (Å²) in [6.07, 6.45) is 4.82. The zero-order valence-corrected chi connectivity index (χ0v) is 13.3. The molecule has 0 aliphatic carbocycles. The Bertz CT molecular complexity index is 469. The number of aromatic amines is 1. The molecule has 1 N–H and O–H groups in total. The molecule has 0 bridgehead atoms. The summed E-state index contributed by atoms with van der Waals surface area (Å²) in [6, 6.07) is 1.90. The van der Waals surface area contributed by atoms with Crippen LogP contribution in [-0.4, -0.2) is 65.3 Å². The van der Waals surface area contributed by atoms with Crippen molar-refractivity contribution in [2.45, 2.75) is 32.2 Å². The molecule has 6 heteroatoms. The van der Waals surface area contributed by atoms with Crippen molar-refractivity contribution in [3.63, 3.8) is 0 Å². The second kappa shape index (κ2) is 7.24. The summed E-state index contributed by atoms with van der Waals surface area (Å²) in [4.78, 5) is 17.0. The van der Waals surface area contributed by atoms with E-state index < -0.39 is 0 Å². The maximum atomic E-state index is 12.6. The number of ether oxygens (including phenoxy) is 1. The molecule has 2 fully saturated rings. The fourth-order valence-electron chi connectivity index (χ4n) is 3.30. The summed E-state index contributed by atoms with van der Waals surface area (Å²) in [6.45, 7) is 7.28. The van der Waals surface area contributed by atoms with Gasteiger partial charge in [-0.3, -0.25) is 9.89 Å². The van der Waals surface area contributed by atoms with Crippen molar-refractivity contribution >= 4 is 5.91 Å². The molecular formula is C16H26N4O2. The van der Waals surface area contributed by atoms with Crippen LogP contribution >= 0.6 is 0 Å². The summed E-state index contributed by atoms with van der Waals surface area (Å²) in [7, 11) is 0. The lowest BCUT2D eigenvalue weighted by molar-refractivity contribution is -0.140. The van der Waals surface area contributed by atoms with E-state index in [0.29, 0.717) is 26.2 Å². The largest absolute Gasteiger partial charge is 0.377 e. The van der Waals surface area contributed by atoms with Crippen molar-refractivity contribution in [1.29, 1.82) is 0 Å². The maximum Gasteiger partial charge on any atom is 0.224 e. The number of carbonyl (C=O) groups excluding carboxylic acids is 1. The lowest BCUT2D eigenvalue weighted by atomic mass is 9.99. The molecule has 3 rings (SSSR count). The molecule has 0 aromatic carbocycles. The number of hydrogen-bond donors (Lipinski definition) is 1. The van der Waals surface area contributed by atoms with Gasteiger partial charge in [0.25, 0.3) is 0 Å². The predicted octanol–water partition coefficient (Wildman–Crippen LogP) is 1.43. The Kier molecular flexibility index (Phi) is 5.10. The fraction of sp³-hybridized carbons (Fsp3) is 0.750. The van der Waals surface area contributed by atoms with Gasteiger partial charge in [0, 0.05) is 25.7 Å². The number of rotatable bonds is 4. The second-order valence-electron chi connectivity index (χ2n) is 6.46. The maximum absolute atomic E-state index is 12.6. The Hall–Kier alpha value is -1.40. The Morgan fingerprint density at radius 3 is 2.95 bits per heavy atom. The first kappa shape index (κ1) is 15.5. The number of morpholine rings is 1. The van der Waals surface area contributed by atoms with Crippen LogP contribution in [0.3, 0.4) is 0 Å². The van der Waals surface area contributed by atoms with Crippen LogP contribution in [0.15, 0.2) is 12.3 Å². The van der Waals surface area contributed by atoms with Gasteiger partial charge in [0.15, 0.2) is 0 Å². The second-order valence-corrected chi connectivity index (χ2v) is 6.46. The minimum atomic E-state index is -0.0230. The molecular weight excluding hydrogens is 280 g/mol. The van der Waals surface area contributed by atoms with E-state index in [-0.39, 0.29) is 11.9 Å². The Labute approximate surface area is 131 Å². The summed E-state index contributed by atoms with van der Waals surface area (Å²) in [5.74, 6) is 1.05. The van der Waals surface area contributed by atoms with E-state index in [1.165, 1.54) is 12.8 Å². The highest BCUT2D eigenvalue weighted by Gasteiger charge is 2.29. The molecule has 0 spiro atoms. The van der Waals surface area contributed by atoms with Gasteiger partial charge in [-0.25, -0.2) is 0 Å². The number of hydrogen-bond acceptors (Lipinski definition) is 4. The number of carbonyl (C=O) groups is 1. The molecule has 3 heterocycles. The lowest BCUT2D eigenvalue weighted by Crippen LogP contribution is -2.45. The predicted molar refractivity (Wildman–Crippen MR) is 83.3 cm³/mol. The number of piperidine rings is 1. The number of nitrogens with one attached hydrogen (secondary N) is 1. The van der Waals surface area contributed by atoms with Crippen molar-refractivity contribution in [3.8, 4) is 0 Å². The summed E-state index contributed by atoms with van der Waals surface area (Å²) >= 11 is 0. The van der Waals surface area contributed by atoms with E-state index in [1.807, 2.05) is 11.0 Å². The zero-order chi connectivity index (χ0) is 15.4. The average Bonchev–Trinajstić information content (AvgIpc) is 3.08. The minimum absolute atomic E-state index is 0.0230. The molecule has 2 aliphatic heterocycles. The highest BCUT2D eigenvalue weighted by atomic mass is 16.5. The van der Waals surface area contributed by atoms with Crippen LogP contribution in [0.1, 0.15) is 37.9 Å². The molecule has 1 atom stereocenters. The van der Waals surface area contributed by atoms with E-state index in [4.69, 9.17) is 4.74 Å². The molecule has 22 heavy (non-hydrogen) atoms. The molecule has 2 saturated heterocycles. The first-order chi connectivity index (χ1) is 10.7. The van der Waals surface area contributed by atoms with Gasteiger partial charge in [0.1, 0.15) is 0 Å². The van der Waals surface area contributed by atoms with Crippen molar-refractivity contribution in [3.05, 3.63) is 18.0 Å². The van der Waals surface area contributed by atoms with Crippen LogP contribution in [0.25, 0.3) is 0 Å². The van der Waals surface area contributed by atoms with E-state index in [0.717, 1.165) is 31.2 Å². The van der Waals surface area contributed by atoms with Crippen molar-refractivity contribution < 1.29 is 9.53 Å². The van der Waals surface area contributed by atoms with E-state index >= 15 is 0 Å². The van der Waals surface area contributed by atoms with Gasteiger partial charge >= 0.3 is 0 Å². The van der Waals surface area contributed by atoms with Gasteiger partial charge < -0.3 is 14.5 Å². The van der Waals surface area contributed by atoms with Crippen LogP contribution in [0.2, 0.25) is 0 Å². The zero-order valence-electron chi connectivity index (χ0n) is 13.3. The van der Waals surface area contributed by atoms with E-state index in [2.05, 4.69) is 22.0 Å². The van der Waals surface area contributed by atoms with Gasteiger partial charge in [-0.1, -0.05) is 6.92 Å². The first-order valence-corrected chi connectivity index (χ1v) is 8.33. The highest BCUT2D eigenvalue weighted by Crippen LogP contribution is 2.23. The highest BCUT2D eigenvalue weighted by molar-refractivity contribution is 5.77. The number of H-pyrrole nitrogens is 1. The van der Waals surface area contributed by atoms with E-state index in [1.54, 1.807) is 6.20 Å². The van der Waals surface area contributed by atoms with Crippen molar-refractivity contribution in [2.75, 3.05) is 39.4 Å². The standard InChI is InChI=1S/C16H26N4O2/c1-13-3-7-19(8-4-13)9-5-16(21)20-10-11-22-12-15(20)14-2-6-17-18-14/h2,6,13,15H,3-5,7-12H2,1H3,(H,17,18)/t15-/m1/s1. The third-order valence-electron chi connectivity index (χ3n) is 4.85. The van der Waals surface area contributed by atoms with Crippen LogP contribution in [-0.2, 0) is 9.53 Å². The van der Waals surface area contributed by atoms with Gasteiger partial charge in [0.2, 0.25) is 5.91 Å². The Balaban J connectivity index is 1.53. The smallest absolute Gasteiger partial charge is 0.224 e. The van der Waals surface area contributed by atoms with Gasteiger partial charge in [-0.15, -0.1) is 0 Å². The molecule has 1 amide bonds. The molecule has 0 radical (unpaired) electrons. The normalized spacial score (nSPS) is 24.6. The molecule has 6 nitrogen and oxygen atoms in total. The first-order valence-electron chi connectivity index (χ1n) is 8.33.